The van der Waals surface area contributed by atoms with Gasteiger partial charge in [0.25, 0.3) is 5.91 Å². The van der Waals surface area contributed by atoms with Crippen LogP contribution in [-0.2, 0) is 0 Å². The Morgan fingerprint density at radius 2 is 1.85 bits per heavy atom. The fourth-order valence-corrected chi connectivity index (χ4v) is 3.21. The maximum absolute atomic E-state index is 12.7. The van der Waals surface area contributed by atoms with Gasteiger partial charge in [-0.2, -0.15) is 0 Å². The zero-order valence-electron chi connectivity index (χ0n) is 14.7. The van der Waals surface area contributed by atoms with Crippen LogP contribution < -0.4 is 4.74 Å². The van der Waals surface area contributed by atoms with Gasteiger partial charge in [0.1, 0.15) is 12.1 Å². The van der Waals surface area contributed by atoms with E-state index in [0.717, 1.165) is 25.1 Å². The molecule has 7 heteroatoms. The molecule has 1 aliphatic heterocycles. The highest BCUT2D eigenvalue weighted by Gasteiger charge is 2.27. The Kier molecular flexibility index (Phi) is 5.00. The van der Waals surface area contributed by atoms with Crippen LogP contribution in [0.3, 0.4) is 0 Å². The number of ether oxygens (including phenoxy) is 1. The number of aromatic nitrogens is 4. The lowest BCUT2D eigenvalue weighted by atomic mass is 9.94. The number of hydrogen-bond acceptors (Lipinski definition) is 6. The second-order valence-corrected chi connectivity index (χ2v) is 6.41. The summed E-state index contributed by atoms with van der Waals surface area (Å²) in [7, 11) is 0. The maximum atomic E-state index is 12.7. The zero-order valence-corrected chi connectivity index (χ0v) is 14.7. The molecule has 0 saturated carbocycles. The SMILES string of the molecule is O=C(c1cncnc1)N1CCC[C@H](c2cncc(Oc3ccccc3)n2)C1. The van der Waals surface area contributed by atoms with Crippen molar-refractivity contribution < 1.29 is 9.53 Å². The van der Waals surface area contributed by atoms with E-state index in [4.69, 9.17) is 4.74 Å². The molecule has 1 amide bonds. The first-order valence-electron chi connectivity index (χ1n) is 8.89. The predicted octanol–water partition coefficient (Wildman–Crippen LogP) is 3.08. The largest absolute Gasteiger partial charge is 0.437 e. The highest BCUT2D eigenvalue weighted by Crippen LogP contribution is 2.28. The third-order valence-corrected chi connectivity index (χ3v) is 4.53. The minimum atomic E-state index is -0.0510. The van der Waals surface area contributed by atoms with E-state index in [-0.39, 0.29) is 11.8 Å². The summed E-state index contributed by atoms with van der Waals surface area (Å²) in [6.07, 6.45) is 9.74. The molecule has 1 fully saturated rings. The van der Waals surface area contributed by atoms with Crippen LogP contribution in [0.4, 0.5) is 0 Å². The molecule has 136 valence electrons. The molecule has 2 aromatic heterocycles. The molecule has 1 atom stereocenters. The van der Waals surface area contributed by atoms with E-state index in [1.165, 1.54) is 6.33 Å². The fraction of sp³-hybridized carbons (Fsp3) is 0.250. The molecular formula is C20H19N5O2. The van der Waals surface area contributed by atoms with Crippen molar-refractivity contribution in [3.05, 3.63) is 72.7 Å². The summed E-state index contributed by atoms with van der Waals surface area (Å²) in [5.41, 5.74) is 1.34. The van der Waals surface area contributed by atoms with Crippen LogP contribution in [0.1, 0.15) is 34.8 Å². The van der Waals surface area contributed by atoms with Gasteiger partial charge in [0, 0.05) is 37.6 Å². The summed E-state index contributed by atoms with van der Waals surface area (Å²) >= 11 is 0. The van der Waals surface area contributed by atoms with Gasteiger partial charge in [-0.1, -0.05) is 18.2 Å². The summed E-state index contributed by atoms with van der Waals surface area (Å²) in [4.78, 5) is 31.2. The molecule has 7 nitrogen and oxygen atoms in total. The first kappa shape index (κ1) is 17.1. The minimum absolute atomic E-state index is 0.0510. The number of carbonyl (C=O) groups excluding carboxylic acids is 1. The number of nitrogens with zero attached hydrogens (tertiary/aromatic N) is 5. The number of likely N-dealkylation sites (tertiary alicyclic amines) is 1. The van der Waals surface area contributed by atoms with Gasteiger partial charge in [0.05, 0.1) is 17.5 Å². The molecule has 1 aromatic carbocycles. The quantitative estimate of drug-likeness (QED) is 0.710. The molecule has 0 aliphatic carbocycles. The summed E-state index contributed by atoms with van der Waals surface area (Å²) < 4.78 is 5.78. The van der Waals surface area contributed by atoms with E-state index in [2.05, 4.69) is 19.9 Å². The van der Waals surface area contributed by atoms with Gasteiger partial charge in [-0.25, -0.2) is 15.0 Å². The van der Waals surface area contributed by atoms with Crippen LogP contribution >= 0.6 is 0 Å². The first-order chi connectivity index (χ1) is 13.3. The van der Waals surface area contributed by atoms with Crippen LogP contribution in [0.15, 0.2) is 61.4 Å². The summed E-state index contributed by atoms with van der Waals surface area (Å²) in [6.45, 7) is 1.31. The highest BCUT2D eigenvalue weighted by atomic mass is 16.5. The lowest BCUT2D eigenvalue weighted by Crippen LogP contribution is -2.39. The molecular weight excluding hydrogens is 342 g/mol. The first-order valence-corrected chi connectivity index (χ1v) is 8.89. The zero-order chi connectivity index (χ0) is 18.5. The average Bonchev–Trinajstić information content (AvgIpc) is 2.75. The van der Waals surface area contributed by atoms with E-state index >= 15 is 0 Å². The van der Waals surface area contributed by atoms with Crippen LogP contribution in [-0.4, -0.2) is 43.8 Å². The molecule has 0 spiro atoms. The van der Waals surface area contributed by atoms with Crippen LogP contribution in [0.5, 0.6) is 11.6 Å². The van der Waals surface area contributed by atoms with Crippen molar-refractivity contribution in [1.29, 1.82) is 0 Å². The van der Waals surface area contributed by atoms with E-state index < -0.39 is 0 Å². The van der Waals surface area contributed by atoms with Crippen molar-refractivity contribution in [2.75, 3.05) is 13.1 Å². The van der Waals surface area contributed by atoms with Crippen molar-refractivity contribution in [3.63, 3.8) is 0 Å². The summed E-state index contributed by atoms with van der Waals surface area (Å²) in [5, 5.41) is 0. The van der Waals surface area contributed by atoms with Gasteiger partial charge in [-0.05, 0) is 25.0 Å². The van der Waals surface area contributed by atoms with Crippen LogP contribution in [0.25, 0.3) is 0 Å². The second-order valence-electron chi connectivity index (χ2n) is 6.41. The molecule has 1 saturated heterocycles. The topological polar surface area (TPSA) is 81.1 Å². The molecule has 0 unspecified atom stereocenters. The normalized spacial score (nSPS) is 16.7. The van der Waals surface area contributed by atoms with Crippen LogP contribution in [0.2, 0.25) is 0 Å². The predicted molar refractivity (Wildman–Crippen MR) is 98.5 cm³/mol. The molecule has 1 aliphatic rings. The third kappa shape index (κ3) is 4.08. The van der Waals surface area contributed by atoms with Gasteiger partial charge in [0.2, 0.25) is 5.88 Å². The monoisotopic (exact) mass is 361 g/mol. The Morgan fingerprint density at radius 3 is 2.67 bits per heavy atom. The van der Waals surface area contributed by atoms with Gasteiger partial charge in [0.15, 0.2) is 0 Å². The van der Waals surface area contributed by atoms with Crippen molar-refractivity contribution in [3.8, 4) is 11.6 Å². The highest BCUT2D eigenvalue weighted by molar-refractivity contribution is 5.93. The molecule has 27 heavy (non-hydrogen) atoms. The third-order valence-electron chi connectivity index (χ3n) is 4.53. The number of amides is 1. The van der Waals surface area contributed by atoms with Crippen molar-refractivity contribution in [2.45, 2.75) is 18.8 Å². The van der Waals surface area contributed by atoms with E-state index in [9.17, 15) is 4.79 Å². The number of carbonyl (C=O) groups is 1. The fourth-order valence-electron chi connectivity index (χ4n) is 3.21. The lowest BCUT2D eigenvalue weighted by Gasteiger charge is -2.32. The van der Waals surface area contributed by atoms with Gasteiger partial charge < -0.3 is 9.64 Å². The smallest absolute Gasteiger partial charge is 0.257 e. The Morgan fingerprint density at radius 1 is 1.04 bits per heavy atom. The van der Waals surface area contributed by atoms with E-state index in [1.54, 1.807) is 24.8 Å². The molecule has 0 N–H and O–H groups in total. The van der Waals surface area contributed by atoms with Crippen LogP contribution in [0, 0.1) is 0 Å². The molecule has 0 radical (unpaired) electrons. The average molecular weight is 361 g/mol. The van der Waals surface area contributed by atoms with Crippen molar-refractivity contribution in [1.82, 2.24) is 24.8 Å². The molecule has 3 heterocycles. The molecule has 0 bridgehead atoms. The number of piperidine rings is 1. The minimum Gasteiger partial charge on any atom is -0.437 e. The van der Waals surface area contributed by atoms with Gasteiger partial charge in [-0.15, -0.1) is 0 Å². The van der Waals surface area contributed by atoms with Crippen molar-refractivity contribution >= 4 is 5.91 Å². The molecule has 4 rings (SSSR count). The Bertz CT molecular complexity index is 905. The number of para-hydroxylation sites is 1. The summed E-state index contributed by atoms with van der Waals surface area (Å²) in [6, 6.07) is 9.49. The van der Waals surface area contributed by atoms with E-state index in [1.807, 2.05) is 35.2 Å². The van der Waals surface area contributed by atoms with E-state index in [0.29, 0.717) is 23.7 Å². The Labute approximate surface area is 157 Å². The second kappa shape index (κ2) is 7.90. The van der Waals surface area contributed by atoms with Gasteiger partial charge >= 0.3 is 0 Å². The summed E-state index contributed by atoms with van der Waals surface area (Å²) in [5.74, 6) is 1.25. The maximum Gasteiger partial charge on any atom is 0.257 e. The Balaban J connectivity index is 1.48. The van der Waals surface area contributed by atoms with Gasteiger partial charge in [-0.3, -0.25) is 9.78 Å². The molecule has 3 aromatic rings. The number of rotatable bonds is 4. The van der Waals surface area contributed by atoms with Crippen molar-refractivity contribution in [2.24, 2.45) is 0 Å². The standard InChI is InChI=1S/C20H19N5O2/c26-20(16-9-22-14-23-10-16)25-8-4-5-15(13-25)18-11-21-12-19(24-18)27-17-6-2-1-3-7-17/h1-3,6-7,9-12,14-15H,4-5,8,13H2/t15-/m0/s1. The number of hydrogen-bond donors (Lipinski definition) is 0. The number of benzene rings is 1. The Hall–Kier alpha value is -3.35. The lowest BCUT2D eigenvalue weighted by molar-refractivity contribution is 0.0705.